The third-order valence-corrected chi connectivity index (χ3v) is 8.51. The van der Waals surface area contributed by atoms with Crippen LogP contribution < -0.4 is 9.47 Å². The Kier molecular flexibility index (Phi) is 8.67. The van der Waals surface area contributed by atoms with Crippen molar-refractivity contribution in [1.82, 2.24) is 4.31 Å². The highest BCUT2D eigenvalue weighted by atomic mass is 32.2. The molecule has 0 aliphatic carbocycles. The van der Waals surface area contributed by atoms with E-state index in [0.29, 0.717) is 11.5 Å². The second-order valence-electron chi connectivity index (χ2n) is 7.22. The van der Waals surface area contributed by atoms with E-state index < -0.39 is 30.9 Å². The number of methoxy groups -OCH3 is 2. The fraction of sp³-hybridized carbons (Fsp3) is 0.364. The zero-order valence-corrected chi connectivity index (χ0v) is 19.7. The van der Waals surface area contributed by atoms with Gasteiger partial charge < -0.3 is 9.47 Å². The van der Waals surface area contributed by atoms with Gasteiger partial charge in [-0.25, -0.2) is 16.8 Å². The second kappa shape index (κ2) is 10.8. The normalized spacial score (nSPS) is 13.0. The first-order chi connectivity index (χ1) is 14.6. The standard InChI is InChI=1S/C22H29NO6S2/c1-5-6-22(30(4,24)25)17-31(26,27)23(15-18-7-11-20(28-2)12-8-18)16-19-9-13-21(29-3)14-10-19/h5,7-14,22H,1,6,15-17H2,2-4H3/t22-/m1/s1. The highest BCUT2D eigenvalue weighted by Crippen LogP contribution is 2.21. The fourth-order valence-corrected chi connectivity index (χ4v) is 6.51. The number of hydrogen-bond acceptors (Lipinski definition) is 6. The smallest absolute Gasteiger partial charge is 0.216 e. The van der Waals surface area contributed by atoms with Crippen LogP contribution in [0.1, 0.15) is 17.5 Å². The van der Waals surface area contributed by atoms with Gasteiger partial charge in [-0.2, -0.15) is 4.31 Å². The molecular weight excluding hydrogens is 438 g/mol. The summed E-state index contributed by atoms with van der Waals surface area (Å²) < 4.78 is 62.4. The van der Waals surface area contributed by atoms with Gasteiger partial charge in [-0.3, -0.25) is 0 Å². The lowest BCUT2D eigenvalue weighted by molar-refractivity contribution is 0.397. The number of allylic oxidation sites excluding steroid dienone is 1. The zero-order chi connectivity index (χ0) is 23.1. The third-order valence-electron chi connectivity index (χ3n) is 4.86. The molecule has 7 nitrogen and oxygen atoms in total. The van der Waals surface area contributed by atoms with Gasteiger partial charge in [-0.15, -0.1) is 6.58 Å². The molecule has 2 aromatic carbocycles. The van der Waals surface area contributed by atoms with E-state index in [4.69, 9.17) is 9.47 Å². The second-order valence-corrected chi connectivity index (χ2v) is 11.6. The Morgan fingerprint density at radius 1 is 0.871 bits per heavy atom. The lowest BCUT2D eigenvalue weighted by Gasteiger charge is -2.25. The first kappa shape index (κ1) is 24.9. The van der Waals surface area contributed by atoms with Crippen molar-refractivity contribution in [3.63, 3.8) is 0 Å². The van der Waals surface area contributed by atoms with Gasteiger partial charge in [0.25, 0.3) is 0 Å². The van der Waals surface area contributed by atoms with Crippen molar-refractivity contribution in [2.75, 3.05) is 26.2 Å². The average Bonchev–Trinajstić information content (AvgIpc) is 2.73. The van der Waals surface area contributed by atoms with Gasteiger partial charge in [0.1, 0.15) is 11.5 Å². The van der Waals surface area contributed by atoms with Gasteiger partial charge in [0.05, 0.1) is 25.2 Å². The Labute approximate surface area is 185 Å². The number of nitrogens with zero attached hydrogens (tertiary/aromatic N) is 1. The van der Waals surface area contributed by atoms with E-state index in [1.807, 2.05) is 0 Å². The van der Waals surface area contributed by atoms with Crippen molar-refractivity contribution in [1.29, 1.82) is 0 Å². The maximum Gasteiger partial charge on any atom is 0.216 e. The first-order valence-electron chi connectivity index (χ1n) is 9.62. The number of benzene rings is 2. The molecule has 0 fully saturated rings. The molecule has 2 rings (SSSR count). The van der Waals surface area contributed by atoms with Crippen LogP contribution in [0.25, 0.3) is 0 Å². The van der Waals surface area contributed by atoms with E-state index in [-0.39, 0.29) is 19.5 Å². The summed E-state index contributed by atoms with van der Waals surface area (Å²) in [6.45, 7) is 3.76. The molecule has 0 aliphatic rings. The van der Waals surface area contributed by atoms with Crippen LogP contribution in [0.2, 0.25) is 0 Å². The molecular formula is C22H29NO6S2. The Hall–Kier alpha value is -2.36. The van der Waals surface area contributed by atoms with Gasteiger partial charge in [0, 0.05) is 19.3 Å². The molecule has 0 N–H and O–H groups in total. The summed E-state index contributed by atoms with van der Waals surface area (Å²) >= 11 is 0. The molecule has 2 aromatic rings. The number of ether oxygens (including phenoxy) is 2. The molecule has 9 heteroatoms. The van der Waals surface area contributed by atoms with Crippen molar-refractivity contribution in [3.8, 4) is 11.5 Å². The summed E-state index contributed by atoms with van der Waals surface area (Å²) in [5, 5.41) is -1.05. The van der Waals surface area contributed by atoms with E-state index in [1.165, 1.54) is 10.4 Å². The summed E-state index contributed by atoms with van der Waals surface area (Å²) in [5.41, 5.74) is 1.52. The molecule has 0 bridgehead atoms. The van der Waals surface area contributed by atoms with E-state index >= 15 is 0 Å². The molecule has 1 atom stereocenters. The van der Waals surface area contributed by atoms with Crippen LogP contribution in [-0.2, 0) is 33.0 Å². The largest absolute Gasteiger partial charge is 0.497 e. The van der Waals surface area contributed by atoms with Crippen molar-refractivity contribution >= 4 is 19.9 Å². The van der Waals surface area contributed by atoms with Gasteiger partial charge in [-0.1, -0.05) is 30.3 Å². The van der Waals surface area contributed by atoms with Crippen LogP contribution in [0, 0.1) is 0 Å². The predicted molar refractivity (Wildman–Crippen MR) is 122 cm³/mol. The number of sulfonamides is 1. The molecule has 0 heterocycles. The molecule has 0 unspecified atom stereocenters. The zero-order valence-electron chi connectivity index (χ0n) is 18.0. The van der Waals surface area contributed by atoms with Crippen molar-refractivity contribution < 1.29 is 26.3 Å². The molecule has 0 aromatic heterocycles. The summed E-state index contributed by atoms with van der Waals surface area (Å²) in [6.07, 6.45) is 2.55. The first-order valence-corrected chi connectivity index (χ1v) is 13.2. The molecule has 0 amide bonds. The van der Waals surface area contributed by atoms with Crippen molar-refractivity contribution in [3.05, 3.63) is 72.3 Å². The van der Waals surface area contributed by atoms with Gasteiger partial charge in [-0.05, 0) is 41.8 Å². The monoisotopic (exact) mass is 467 g/mol. The van der Waals surface area contributed by atoms with Crippen LogP contribution in [0.5, 0.6) is 11.5 Å². The van der Waals surface area contributed by atoms with Crippen LogP contribution >= 0.6 is 0 Å². The van der Waals surface area contributed by atoms with Crippen molar-refractivity contribution in [2.45, 2.75) is 24.8 Å². The SMILES string of the molecule is C=CC[C@H](CS(=O)(=O)N(Cc1ccc(OC)cc1)Cc1ccc(OC)cc1)S(C)(=O)=O. The van der Waals surface area contributed by atoms with Crippen LogP contribution in [-0.4, -0.2) is 52.6 Å². The summed E-state index contributed by atoms with van der Waals surface area (Å²) in [4.78, 5) is 0. The molecule has 31 heavy (non-hydrogen) atoms. The lowest BCUT2D eigenvalue weighted by Crippen LogP contribution is -2.38. The van der Waals surface area contributed by atoms with E-state index in [0.717, 1.165) is 17.4 Å². The van der Waals surface area contributed by atoms with E-state index in [2.05, 4.69) is 6.58 Å². The van der Waals surface area contributed by atoms with Gasteiger partial charge >= 0.3 is 0 Å². The third kappa shape index (κ3) is 7.37. The molecule has 170 valence electrons. The average molecular weight is 468 g/mol. The Balaban J connectivity index is 2.36. The topological polar surface area (TPSA) is 90.0 Å². The molecule has 0 saturated carbocycles. The van der Waals surface area contributed by atoms with Crippen LogP contribution in [0.4, 0.5) is 0 Å². The maximum atomic E-state index is 13.3. The Morgan fingerprint density at radius 3 is 1.61 bits per heavy atom. The lowest BCUT2D eigenvalue weighted by atomic mass is 10.2. The number of sulfone groups is 1. The summed E-state index contributed by atoms with van der Waals surface area (Å²) in [7, 11) is -4.37. The quantitative estimate of drug-likeness (QED) is 0.446. The highest BCUT2D eigenvalue weighted by Gasteiger charge is 2.31. The molecule has 0 spiro atoms. The maximum absolute atomic E-state index is 13.3. The molecule has 0 saturated heterocycles. The molecule has 0 radical (unpaired) electrons. The predicted octanol–water partition coefficient (Wildman–Crippen LogP) is 3.03. The van der Waals surface area contributed by atoms with E-state index in [9.17, 15) is 16.8 Å². The number of rotatable bonds is 12. The summed E-state index contributed by atoms with van der Waals surface area (Å²) in [5.74, 6) is 0.817. The highest BCUT2D eigenvalue weighted by molar-refractivity contribution is 7.94. The Bertz CT molecular complexity index is 1010. The van der Waals surface area contributed by atoms with Gasteiger partial charge in [0.15, 0.2) is 9.84 Å². The van der Waals surface area contributed by atoms with Crippen LogP contribution in [0.15, 0.2) is 61.2 Å². The number of hydrogen-bond donors (Lipinski definition) is 0. The molecule has 0 aliphatic heterocycles. The van der Waals surface area contributed by atoms with Crippen LogP contribution in [0.3, 0.4) is 0 Å². The van der Waals surface area contributed by atoms with Crippen molar-refractivity contribution in [2.24, 2.45) is 0 Å². The minimum absolute atomic E-state index is 0.0664. The minimum Gasteiger partial charge on any atom is -0.497 e. The minimum atomic E-state index is -3.91. The fourth-order valence-electron chi connectivity index (χ4n) is 3.01. The summed E-state index contributed by atoms with van der Waals surface area (Å²) in [6, 6.07) is 14.2. The Morgan fingerprint density at radius 2 is 1.29 bits per heavy atom. The van der Waals surface area contributed by atoms with E-state index in [1.54, 1.807) is 62.8 Å². The van der Waals surface area contributed by atoms with Gasteiger partial charge in [0.2, 0.25) is 10.0 Å².